The zero-order chi connectivity index (χ0) is 31.8. The van der Waals surface area contributed by atoms with Crippen molar-refractivity contribution in [3.8, 4) is 29.7 Å². The van der Waals surface area contributed by atoms with Crippen molar-refractivity contribution in [3.05, 3.63) is 82.6 Å². The zero-order valence-corrected chi connectivity index (χ0v) is 25.3. The Labute approximate surface area is 263 Å². The largest absolute Gasteiger partial charge is 0.490 e. The molecular formula is C34H36N6O5. The molecule has 1 amide bonds. The molecule has 5 rings (SSSR count). The number of hydrogen-bond acceptors (Lipinski definition) is 10. The van der Waals surface area contributed by atoms with Crippen LogP contribution in [0.4, 0.5) is 4.79 Å². The molecule has 0 bridgehead atoms. The second kappa shape index (κ2) is 14.2. The number of amides is 1. The minimum atomic E-state index is -1.87. The molecule has 2 aromatic rings. The number of ether oxygens (including phenoxy) is 4. The van der Waals surface area contributed by atoms with Crippen LogP contribution < -0.4 is 15.2 Å². The van der Waals surface area contributed by atoms with Crippen molar-refractivity contribution in [2.45, 2.75) is 19.4 Å². The average Bonchev–Trinajstić information content (AvgIpc) is 3.08. The molecule has 1 fully saturated rings. The number of carbonyl (C=O) groups is 1. The average molecular weight is 609 g/mol. The second-order valence-corrected chi connectivity index (χ2v) is 11.1. The molecule has 2 N–H and O–H groups in total. The standard InChI is InChI=1S/C34H36N6O5/c1-2-43-30-18-25(8-9-29(30)44-17-14-39-12-15-42-16-13-39)31-28-20-40(33(41)45-21-24-6-4-3-5-7-24)11-10-26(28)27(19-35)32(38)34(31,22-36)23-37/h3-10,18,28,31H,2,11-17,20-21,38H2,1H3/t28-,31-/m1/s1. The van der Waals surface area contributed by atoms with Gasteiger partial charge in [-0.2, -0.15) is 15.8 Å². The molecular weight excluding hydrogens is 572 g/mol. The minimum Gasteiger partial charge on any atom is -0.490 e. The van der Waals surface area contributed by atoms with E-state index < -0.39 is 23.3 Å². The summed E-state index contributed by atoms with van der Waals surface area (Å²) in [5, 5.41) is 31.1. The number of nitrogens with two attached hydrogens (primary N) is 1. The topological polar surface area (TPSA) is 158 Å². The van der Waals surface area contributed by atoms with Gasteiger partial charge in [-0.15, -0.1) is 0 Å². The summed E-state index contributed by atoms with van der Waals surface area (Å²) in [5.41, 5.74) is 6.70. The highest BCUT2D eigenvalue weighted by Crippen LogP contribution is 2.55. The maximum absolute atomic E-state index is 13.2. The Morgan fingerprint density at radius 2 is 1.82 bits per heavy atom. The van der Waals surface area contributed by atoms with Crippen molar-refractivity contribution in [1.29, 1.82) is 15.8 Å². The van der Waals surface area contributed by atoms with Crippen LogP contribution >= 0.6 is 0 Å². The SMILES string of the molecule is CCOc1cc([C@@H]2[C@@H]3CN(C(=O)OCc4ccccc4)CC=C3C(C#N)=C(N)C2(C#N)C#N)ccc1OCCN1CCOCC1. The molecule has 11 nitrogen and oxygen atoms in total. The van der Waals surface area contributed by atoms with Gasteiger partial charge in [-0.05, 0) is 35.8 Å². The van der Waals surface area contributed by atoms with Crippen LogP contribution in [0.2, 0.25) is 0 Å². The number of fused-ring (bicyclic) bond motifs is 1. The molecule has 2 heterocycles. The summed E-state index contributed by atoms with van der Waals surface area (Å²) in [6.45, 7) is 6.91. The van der Waals surface area contributed by atoms with Crippen LogP contribution in [0.1, 0.15) is 24.0 Å². The molecule has 45 heavy (non-hydrogen) atoms. The predicted molar refractivity (Wildman–Crippen MR) is 163 cm³/mol. The fourth-order valence-electron chi connectivity index (χ4n) is 6.23. The Balaban J connectivity index is 1.46. The molecule has 0 unspecified atom stereocenters. The lowest BCUT2D eigenvalue weighted by Gasteiger charge is -2.45. The summed E-state index contributed by atoms with van der Waals surface area (Å²) in [4.78, 5) is 17.0. The Morgan fingerprint density at radius 1 is 1.07 bits per heavy atom. The van der Waals surface area contributed by atoms with Crippen LogP contribution in [0.5, 0.6) is 11.5 Å². The van der Waals surface area contributed by atoms with E-state index >= 15 is 0 Å². The van der Waals surface area contributed by atoms with E-state index in [2.05, 4.69) is 23.1 Å². The van der Waals surface area contributed by atoms with Gasteiger partial charge in [0, 0.05) is 44.6 Å². The first-order valence-electron chi connectivity index (χ1n) is 15.0. The number of nitrogens with zero attached hydrogens (tertiary/aromatic N) is 5. The fourth-order valence-corrected chi connectivity index (χ4v) is 6.23. The Kier molecular flexibility index (Phi) is 9.89. The summed E-state index contributed by atoms with van der Waals surface area (Å²) >= 11 is 0. The number of nitriles is 3. The van der Waals surface area contributed by atoms with Crippen molar-refractivity contribution in [3.63, 3.8) is 0 Å². The minimum absolute atomic E-state index is 0.0913. The summed E-state index contributed by atoms with van der Waals surface area (Å²) in [6.07, 6.45) is 1.23. The van der Waals surface area contributed by atoms with Gasteiger partial charge in [0.2, 0.25) is 0 Å². The van der Waals surface area contributed by atoms with E-state index in [4.69, 9.17) is 24.7 Å². The van der Waals surface area contributed by atoms with Gasteiger partial charge in [-0.3, -0.25) is 4.90 Å². The Morgan fingerprint density at radius 3 is 2.51 bits per heavy atom. The van der Waals surface area contributed by atoms with Crippen molar-refractivity contribution in [2.24, 2.45) is 17.1 Å². The zero-order valence-electron chi connectivity index (χ0n) is 25.3. The van der Waals surface area contributed by atoms with Crippen LogP contribution in [0.25, 0.3) is 0 Å². The third-order valence-corrected chi connectivity index (χ3v) is 8.52. The second-order valence-electron chi connectivity index (χ2n) is 11.1. The summed E-state index contributed by atoms with van der Waals surface area (Å²) in [7, 11) is 0. The normalized spacial score (nSPS) is 20.9. The Bertz CT molecular complexity index is 1560. The molecule has 2 atom stereocenters. The monoisotopic (exact) mass is 608 g/mol. The van der Waals surface area contributed by atoms with Gasteiger partial charge in [-0.1, -0.05) is 42.5 Å². The van der Waals surface area contributed by atoms with Gasteiger partial charge in [0.05, 0.1) is 43.2 Å². The third-order valence-electron chi connectivity index (χ3n) is 8.52. The van der Waals surface area contributed by atoms with Crippen molar-refractivity contribution in [1.82, 2.24) is 9.80 Å². The van der Waals surface area contributed by atoms with Crippen molar-refractivity contribution < 1.29 is 23.7 Å². The molecule has 0 saturated carbocycles. The summed E-state index contributed by atoms with van der Waals surface area (Å²) < 4.78 is 23.1. The Hall–Kier alpha value is -5.02. The van der Waals surface area contributed by atoms with Gasteiger partial charge in [-0.25, -0.2) is 4.79 Å². The molecule has 1 aliphatic carbocycles. The molecule has 0 spiro atoms. The number of morpholine rings is 1. The van der Waals surface area contributed by atoms with E-state index in [-0.39, 0.29) is 31.0 Å². The van der Waals surface area contributed by atoms with Crippen LogP contribution in [0.3, 0.4) is 0 Å². The molecule has 11 heteroatoms. The van der Waals surface area contributed by atoms with Crippen molar-refractivity contribution in [2.75, 3.05) is 59.2 Å². The van der Waals surface area contributed by atoms with Crippen LogP contribution in [0, 0.1) is 45.3 Å². The number of rotatable bonds is 9. The van der Waals surface area contributed by atoms with Gasteiger partial charge in [0.15, 0.2) is 16.9 Å². The van der Waals surface area contributed by atoms with Crippen LogP contribution in [-0.4, -0.2) is 75.0 Å². The van der Waals surface area contributed by atoms with E-state index in [1.54, 1.807) is 24.3 Å². The molecule has 3 aliphatic rings. The molecule has 0 aromatic heterocycles. The van der Waals surface area contributed by atoms with Gasteiger partial charge in [0.1, 0.15) is 19.3 Å². The number of benzene rings is 2. The molecule has 0 radical (unpaired) electrons. The number of allylic oxidation sites excluding steroid dienone is 2. The highest BCUT2D eigenvalue weighted by Gasteiger charge is 2.55. The van der Waals surface area contributed by atoms with Gasteiger partial charge < -0.3 is 29.6 Å². The van der Waals surface area contributed by atoms with Crippen LogP contribution in [-0.2, 0) is 16.1 Å². The van der Waals surface area contributed by atoms with E-state index in [0.717, 1.165) is 25.2 Å². The number of carbonyl (C=O) groups excluding carboxylic acids is 1. The lowest BCUT2D eigenvalue weighted by molar-refractivity contribution is 0.0321. The smallest absolute Gasteiger partial charge is 0.410 e. The first-order chi connectivity index (χ1) is 21.9. The van der Waals surface area contributed by atoms with E-state index in [0.29, 0.717) is 49.1 Å². The number of hydrogen-bond donors (Lipinski definition) is 1. The molecule has 2 aromatic carbocycles. The van der Waals surface area contributed by atoms with E-state index in [9.17, 15) is 20.6 Å². The molecule has 232 valence electrons. The lowest BCUT2D eigenvalue weighted by Crippen LogP contribution is -2.49. The van der Waals surface area contributed by atoms with Crippen LogP contribution in [0.15, 0.2) is 71.5 Å². The quantitative estimate of drug-likeness (QED) is 0.443. The predicted octanol–water partition coefficient (Wildman–Crippen LogP) is 3.86. The van der Waals surface area contributed by atoms with E-state index in [1.165, 1.54) is 4.90 Å². The highest BCUT2D eigenvalue weighted by atomic mass is 16.6. The summed E-state index contributed by atoms with van der Waals surface area (Å²) in [5.74, 6) is -0.402. The van der Waals surface area contributed by atoms with Gasteiger partial charge in [0.25, 0.3) is 0 Å². The third kappa shape index (κ3) is 6.44. The first kappa shape index (κ1) is 31.4. The highest BCUT2D eigenvalue weighted by molar-refractivity contribution is 5.69. The first-order valence-corrected chi connectivity index (χ1v) is 15.0. The van der Waals surface area contributed by atoms with Crippen molar-refractivity contribution >= 4 is 6.09 Å². The molecule has 1 saturated heterocycles. The molecule has 2 aliphatic heterocycles. The maximum atomic E-state index is 13.2. The summed E-state index contributed by atoms with van der Waals surface area (Å²) in [6, 6.07) is 21.1. The fraction of sp³-hybridized carbons (Fsp3) is 0.412. The van der Waals surface area contributed by atoms with Gasteiger partial charge >= 0.3 is 6.09 Å². The van der Waals surface area contributed by atoms with E-state index in [1.807, 2.05) is 37.3 Å². The maximum Gasteiger partial charge on any atom is 0.410 e. The lowest BCUT2D eigenvalue weighted by atomic mass is 9.58.